The first-order valence-corrected chi connectivity index (χ1v) is 8.54. The zero-order chi connectivity index (χ0) is 15.6. The Morgan fingerprint density at radius 1 is 0.900 bits per heavy atom. The predicted molar refractivity (Wildman–Crippen MR) is 92.6 cm³/mol. The predicted octanol–water partition coefficient (Wildman–Crippen LogP) is 6.72. The summed E-state index contributed by atoms with van der Waals surface area (Å²) in [5.41, 5.74) is 0. The molecule has 0 spiro atoms. The van der Waals surface area contributed by atoms with E-state index in [0.29, 0.717) is 0 Å². The number of ether oxygens (including phenoxy) is 1. The molecule has 1 aromatic carbocycles. The highest BCUT2D eigenvalue weighted by Crippen LogP contribution is 2.17. The van der Waals surface area contributed by atoms with E-state index in [1.165, 1.54) is 32.1 Å². The second kappa shape index (κ2) is 18.0. The van der Waals surface area contributed by atoms with E-state index in [1.807, 2.05) is 58.0 Å². The Labute approximate surface area is 127 Å². The van der Waals surface area contributed by atoms with Crippen LogP contribution in [0.15, 0.2) is 30.3 Å². The fourth-order valence-electron chi connectivity index (χ4n) is 1.91. The van der Waals surface area contributed by atoms with Gasteiger partial charge in [0, 0.05) is 0 Å². The number of para-hydroxylation sites is 1. The van der Waals surface area contributed by atoms with E-state index in [4.69, 9.17) is 4.74 Å². The topological polar surface area (TPSA) is 9.23 Å². The third kappa shape index (κ3) is 12.1. The highest BCUT2D eigenvalue weighted by Gasteiger charge is 2.05. The average Bonchev–Trinajstić information content (AvgIpc) is 2.55. The van der Waals surface area contributed by atoms with Crippen molar-refractivity contribution in [3.05, 3.63) is 30.3 Å². The van der Waals surface area contributed by atoms with Crippen LogP contribution in [0.2, 0.25) is 0 Å². The summed E-state index contributed by atoms with van der Waals surface area (Å²) in [6, 6.07) is 10.1. The van der Waals surface area contributed by atoms with E-state index in [2.05, 4.69) is 13.8 Å². The number of rotatable bonds is 8. The lowest BCUT2D eigenvalue weighted by Crippen LogP contribution is -2.06. The van der Waals surface area contributed by atoms with Crippen LogP contribution < -0.4 is 4.74 Å². The highest BCUT2D eigenvalue weighted by atomic mass is 16.5. The second-order valence-corrected chi connectivity index (χ2v) is 4.37. The van der Waals surface area contributed by atoms with Crippen molar-refractivity contribution in [2.45, 2.75) is 73.6 Å². The molecule has 1 nitrogen and oxygen atoms in total. The van der Waals surface area contributed by atoms with Gasteiger partial charge in [-0.25, -0.2) is 0 Å². The Kier molecular flexibility index (Phi) is 19.2. The second-order valence-electron chi connectivity index (χ2n) is 4.37. The Morgan fingerprint density at radius 2 is 1.50 bits per heavy atom. The smallest absolute Gasteiger partial charge is 0.119 e. The molecule has 0 saturated carbocycles. The molecule has 1 heteroatoms. The molecule has 1 rings (SSSR count). The summed E-state index contributed by atoms with van der Waals surface area (Å²) in [4.78, 5) is 0. The summed E-state index contributed by atoms with van der Waals surface area (Å²) in [5, 5.41) is 0. The van der Waals surface area contributed by atoms with Gasteiger partial charge >= 0.3 is 0 Å². The fraction of sp³-hybridized carbons (Fsp3) is 0.684. The molecule has 0 bridgehead atoms. The van der Waals surface area contributed by atoms with Gasteiger partial charge in [0.2, 0.25) is 0 Å². The zero-order valence-corrected chi connectivity index (χ0v) is 14.6. The van der Waals surface area contributed by atoms with Gasteiger partial charge < -0.3 is 4.74 Å². The highest BCUT2D eigenvalue weighted by molar-refractivity contribution is 5.20. The van der Waals surface area contributed by atoms with Crippen molar-refractivity contribution < 1.29 is 4.74 Å². The summed E-state index contributed by atoms with van der Waals surface area (Å²) in [6.07, 6.45) is 6.47. The van der Waals surface area contributed by atoms with Crippen LogP contribution >= 0.6 is 0 Å². The fourth-order valence-corrected chi connectivity index (χ4v) is 1.91. The van der Waals surface area contributed by atoms with E-state index in [1.54, 1.807) is 0 Å². The molecule has 0 fully saturated rings. The van der Waals surface area contributed by atoms with Crippen LogP contribution in [0.1, 0.15) is 73.6 Å². The minimum Gasteiger partial charge on any atom is -0.494 e. The quantitative estimate of drug-likeness (QED) is 0.513. The average molecular weight is 280 g/mol. The summed E-state index contributed by atoms with van der Waals surface area (Å²) >= 11 is 0. The first kappa shape index (κ1) is 21.3. The molecule has 0 aromatic heterocycles. The monoisotopic (exact) mass is 280 g/mol. The lowest BCUT2D eigenvalue weighted by molar-refractivity contribution is 0.266. The van der Waals surface area contributed by atoms with Gasteiger partial charge in [0.15, 0.2) is 0 Å². The van der Waals surface area contributed by atoms with Crippen molar-refractivity contribution in [1.29, 1.82) is 0 Å². The van der Waals surface area contributed by atoms with Crippen molar-refractivity contribution in [2.24, 2.45) is 5.92 Å². The standard InChI is InChI=1S/C15H24O.2C2H6/c1-3-5-9-14(4-2)12-13-16-15-10-7-6-8-11-15;2*1-2/h6-8,10-11,14H,3-5,9,12-13H2,1-2H3;2*1-2H3. The molecule has 1 unspecified atom stereocenters. The Hall–Kier alpha value is -0.980. The number of hydrogen-bond donors (Lipinski definition) is 0. The molecule has 0 N–H and O–H groups in total. The molecule has 0 aliphatic heterocycles. The number of hydrogen-bond acceptors (Lipinski definition) is 1. The van der Waals surface area contributed by atoms with E-state index in [-0.39, 0.29) is 0 Å². The first-order chi connectivity index (χ1) is 9.86. The number of unbranched alkanes of at least 4 members (excludes halogenated alkanes) is 1. The van der Waals surface area contributed by atoms with Crippen molar-refractivity contribution >= 4 is 0 Å². The third-order valence-corrected chi connectivity index (χ3v) is 3.08. The minimum absolute atomic E-state index is 0.837. The van der Waals surface area contributed by atoms with Crippen LogP contribution in [-0.4, -0.2) is 6.61 Å². The van der Waals surface area contributed by atoms with Crippen LogP contribution in [0.25, 0.3) is 0 Å². The van der Waals surface area contributed by atoms with Crippen molar-refractivity contribution in [3.63, 3.8) is 0 Å². The molecule has 0 saturated heterocycles. The van der Waals surface area contributed by atoms with E-state index in [0.717, 1.165) is 18.3 Å². The maximum absolute atomic E-state index is 5.72. The maximum atomic E-state index is 5.72. The molecule has 0 amide bonds. The molecular formula is C19H36O. The van der Waals surface area contributed by atoms with Crippen LogP contribution in [0, 0.1) is 5.92 Å². The third-order valence-electron chi connectivity index (χ3n) is 3.08. The van der Waals surface area contributed by atoms with Gasteiger partial charge in [-0.2, -0.15) is 0 Å². The Balaban J connectivity index is 0. The number of benzene rings is 1. The summed E-state index contributed by atoms with van der Waals surface area (Å²) in [5.74, 6) is 1.83. The molecule has 0 radical (unpaired) electrons. The van der Waals surface area contributed by atoms with E-state index >= 15 is 0 Å². The van der Waals surface area contributed by atoms with Gasteiger partial charge in [0.05, 0.1) is 6.61 Å². The minimum atomic E-state index is 0.837. The van der Waals surface area contributed by atoms with Crippen molar-refractivity contribution in [1.82, 2.24) is 0 Å². The van der Waals surface area contributed by atoms with Crippen LogP contribution in [-0.2, 0) is 0 Å². The van der Waals surface area contributed by atoms with Crippen LogP contribution in [0.5, 0.6) is 5.75 Å². The molecule has 0 aliphatic rings. The molecule has 0 aliphatic carbocycles. The zero-order valence-electron chi connectivity index (χ0n) is 14.6. The van der Waals surface area contributed by atoms with Gasteiger partial charge in [0.1, 0.15) is 5.75 Å². The lowest BCUT2D eigenvalue weighted by Gasteiger charge is -2.14. The lowest BCUT2D eigenvalue weighted by atomic mass is 9.96. The molecule has 1 atom stereocenters. The summed E-state index contributed by atoms with van der Waals surface area (Å²) in [6.45, 7) is 13.4. The van der Waals surface area contributed by atoms with E-state index < -0.39 is 0 Å². The van der Waals surface area contributed by atoms with Gasteiger partial charge in [0.25, 0.3) is 0 Å². The van der Waals surface area contributed by atoms with Crippen molar-refractivity contribution in [2.75, 3.05) is 6.61 Å². The molecule has 20 heavy (non-hydrogen) atoms. The maximum Gasteiger partial charge on any atom is 0.119 e. The Bertz CT molecular complexity index is 256. The van der Waals surface area contributed by atoms with Gasteiger partial charge in [-0.05, 0) is 24.5 Å². The van der Waals surface area contributed by atoms with Crippen LogP contribution in [0.4, 0.5) is 0 Å². The van der Waals surface area contributed by atoms with Crippen LogP contribution in [0.3, 0.4) is 0 Å². The summed E-state index contributed by atoms with van der Waals surface area (Å²) in [7, 11) is 0. The molecule has 118 valence electrons. The summed E-state index contributed by atoms with van der Waals surface area (Å²) < 4.78 is 5.72. The van der Waals surface area contributed by atoms with Gasteiger partial charge in [-0.15, -0.1) is 0 Å². The van der Waals surface area contributed by atoms with Gasteiger partial charge in [-0.3, -0.25) is 0 Å². The largest absolute Gasteiger partial charge is 0.494 e. The normalized spacial score (nSPS) is 10.5. The molecule has 1 aromatic rings. The molecule has 0 heterocycles. The first-order valence-electron chi connectivity index (χ1n) is 8.54. The van der Waals surface area contributed by atoms with Gasteiger partial charge in [-0.1, -0.05) is 85.4 Å². The van der Waals surface area contributed by atoms with E-state index in [9.17, 15) is 0 Å². The van der Waals surface area contributed by atoms with Crippen molar-refractivity contribution in [3.8, 4) is 5.75 Å². The SMILES string of the molecule is CC.CC.CCCCC(CC)CCOc1ccccc1. The Morgan fingerprint density at radius 3 is 2.00 bits per heavy atom. The molecular weight excluding hydrogens is 244 g/mol.